The maximum Gasteiger partial charge on any atom is 0.494 e. The van der Waals surface area contributed by atoms with Gasteiger partial charge in [0.25, 0.3) is 0 Å². The van der Waals surface area contributed by atoms with E-state index in [1.54, 1.807) is 0 Å². The number of rotatable bonds is 17. The van der Waals surface area contributed by atoms with Gasteiger partial charge in [0.15, 0.2) is 0 Å². The predicted octanol–water partition coefficient (Wildman–Crippen LogP) is 10.5. The lowest BCUT2D eigenvalue weighted by Crippen LogP contribution is -2.41. The van der Waals surface area contributed by atoms with Gasteiger partial charge in [0.2, 0.25) is 0 Å². The molecule has 1 heterocycles. The van der Waals surface area contributed by atoms with Crippen molar-refractivity contribution in [3.05, 3.63) is 66.7 Å². The zero-order chi connectivity index (χ0) is 32.5. The maximum absolute atomic E-state index is 6.49. The Bertz CT molecular complexity index is 1220. The Balaban J connectivity index is 1.57. The van der Waals surface area contributed by atoms with E-state index in [1.165, 1.54) is 38.5 Å². The molecule has 0 radical (unpaired) electrons. The van der Waals surface area contributed by atoms with E-state index in [2.05, 4.69) is 122 Å². The first-order valence-corrected chi connectivity index (χ1v) is 17.6. The molecule has 1 aliphatic heterocycles. The fourth-order valence-corrected chi connectivity index (χ4v) is 5.81. The van der Waals surface area contributed by atoms with E-state index in [1.807, 2.05) is 0 Å². The van der Waals surface area contributed by atoms with Gasteiger partial charge in [0.05, 0.1) is 24.4 Å². The lowest BCUT2D eigenvalue weighted by atomic mass is 9.76. The molecule has 0 aromatic heterocycles. The van der Waals surface area contributed by atoms with E-state index in [4.69, 9.17) is 18.8 Å². The van der Waals surface area contributed by atoms with Gasteiger partial charge in [0, 0.05) is 0 Å². The fourth-order valence-electron chi connectivity index (χ4n) is 5.81. The van der Waals surface area contributed by atoms with Crippen LogP contribution in [0.2, 0.25) is 0 Å². The second-order valence-electron chi connectivity index (χ2n) is 13.9. The van der Waals surface area contributed by atoms with Gasteiger partial charge in [-0.15, -0.1) is 0 Å². The smallest absolute Gasteiger partial charge is 0.493 e. The standard InChI is InChI=1S/C40H57BO4/c1-9-13-15-30(11-3)28-42-37-21-17-32(18-22-37)34-25-35(27-36(26-34)41-44-39(5,6)40(7,8)45-41)33-19-23-38(24-20-33)43-29-31(12-4)16-14-10-2/h17-27,30-31H,9-16,28-29H2,1-8H3. The van der Waals surface area contributed by atoms with E-state index >= 15 is 0 Å². The third-order valence-electron chi connectivity index (χ3n) is 9.91. The number of benzene rings is 3. The predicted molar refractivity (Wildman–Crippen MR) is 191 cm³/mol. The van der Waals surface area contributed by atoms with Gasteiger partial charge in [-0.05, 0) is 110 Å². The Labute approximate surface area is 274 Å². The highest BCUT2D eigenvalue weighted by Crippen LogP contribution is 2.37. The number of ether oxygens (including phenoxy) is 2. The molecule has 3 aromatic rings. The third-order valence-corrected chi connectivity index (χ3v) is 9.91. The van der Waals surface area contributed by atoms with Gasteiger partial charge in [-0.25, -0.2) is 0 Å². The summed E-state index contributed by atoms with van der Waals surface area (Å²) in [6.45, 7) is 19.0. The molecule has 3 aromatic carbocycles. The van der Waals surface area contributed by atoms with Gasteiger partial charge in [0.1, 0.15) is 11.5 Å². The molecule has 1 fully saturated rings. The summed E-state index contributed by atoms with van der Waals surface area (Å²) in [5, 5.41) is 0. The maximum atomic E-state index is 6.49. The van der Waals surface area contributed by atoms with Crippen LogP contribution in [-0.2, 0) is 9.31 Å². The highest BCUT2D eigenvalue weighted by atomic mass is 16.7. The van der Waals surface area contributed by atoms with Crippen LogP contribution in [0.1, 0.15) is 107 Å². The summed E-state index contributed by atoms with van der Waals surface area (Å²) in [7, 11) is -0.442. The number of hydrogen-bond acceptors (Lipinski definition) is 4. The summed E-state index contributed by atoms with van der Waals surface area (Å²) in [6.07, 6.45) is 9.74. The summed E-state index contributed by atoms with van der Waals surface area (Å²) in [4.78, 5) is 0. The minimum atomic E-state index is -0.442. The van der Waals surface area contributed by atoms with Crippen molar-refractivity contribution in [1.29, 1.82) is 0 Å². The lowest BCUT2D eigenvalue weighted by molar-refractivity contribution is 0.00578. The Morgan fingerprint density at radius 3 is 1.33 bits per heavy atom. The zero-order valence-corrected chi connectivity index (χ0v) is 29.3. The SMILES string of the molecule is CCCCC(CC)COc1ccc(-c2cc(B3OC(C)(C)C(C)(C)O3)cc(-c3ccc(OCC(CC)CCCC)cc3)c2)cc1. The first-order valence-electron chi connectivity index (χ1n) is 17.6. The molecular weight excluding hydrogens is 555 g/mol. The van der Waals surface area contributed by atoms with Crippen LogP contribution >= 0.6 is 0 Å². The fraction of sp³-hybridized carbons (Fsp3) is 0.550. The quantitative estimate of drug-likeness (QED) is 0.142. The molecule has 0 amide bonds. The highest BCUT2D eigenvalue weighted by molar-refractivity contribution is 6.62. The topological polar surface area (TPSA) is 36.9 Å². The second-order valence-corrected chi connectivity index (χ2v) is 13.9. The molecule has 0 bridgehead atoms. The summed E-state index contributed by atoms with van der Waals surface area (Å²) < 4.78 is 25.4. The largest absolute Gasteiger partial charge is 0.494 e. The molecule has 0 aliphatic carbocycles. The Kier molecular flexibility index (Phi) is 12.6. The molecule has 4 rings (SSSR count). The Morgan fingerprint density at radius 2 is 0.978 bits per heavy atom. The molecule has 1 saturated heterocycles. The van der Waals surface area contributed by atoms with E-state index in [9.17, 15) is 0 Å². The minimum absolute atomic E-state index is 0.410. The first kappa shape index (κ1) is 35.1. The lowest BCUT2D eigenvalue weighted by Gasteiger charge is -2.32. The van der Waals surface area contributed by atoms with Crippen molar-refractivity contribution in [1.82, 2.24) is 0 Å². The second kappa shape index (κ2) is 16.2. The zero-order valence-electron chi connectivity index (χ0n) is 29.3. The molecule has 1 aliphatic rings. The number of hydrogen-bond donors (Lipinski definition) is 0. The van der Waals surface area contributed by atoms with E-state index < -0.39 is 18.3 Å². The van der Waals surface area contributed by atoms with Crippen molar-refractivity contribution < 1.29 is 18.8 Å². The molecular formula is C40H57BO4. The normalized spacial score (nSPS) is 16.8. The van der Waals surface area contributed by atoms with E-state index in [0.717, 1.165) is 65.3 Å². The average Bonchev–Trinajstić information content (AvgIpc) is 3.27. The van der Waals surface area contributed by atoms with Crippen molar-refractivity contribution in [2.24, 2.45) is 11.8 Å². The monoisotopic (exact) mass is 612 g/mol. The summed E-state index contributed by atoms with van der Waals surface area (Å²) >= 11 is 0. The Hall–Kier alpha value is -2.76. The van der Waals surface area contributed by atoms with Crippen molar-refractivity contribution in [2.75, 3.05) is 13.2 Å². The molecule has 0 saturated carbocycles. The van der Waals surface area contributed by atoms with Gasteiger partial charge < -0.3 is 18.8 Å². The summed E-state index contributed by atoms with van der Waals surface area (Å²) in [5.74, 6) is 3.06. The minimum Gasteiger partial charge on any atom is -0.493 e. The molecule has 0 spiro atoms. The summed E-state index contributed by atoms with van der Waals surface area (Å²) in [6, 6.07) is 23.7. The van der Waals surface area contributed by atoms with Crippen molar-refractivity contribution in [3.63, 3.8) is 0 Å². The molecule has 45 heavy (non-hydrogen) atoms. The molecule has 5 heteroatoms. The van der Waals surface area contributed by atoms with Crippen LogP contribution in [0.25, 0.3) is 22.3 Å². The molecule has 4 nitrogen and oxygen atoms in total. The van der Waals surface area contributed by atoms with Crippen LogP contribution in [0.4, 0.5) is 0 Å². The van der Waals surface area contributed by atoms with Crippen LogP contribution < -0.4 is 14.9 Å². The van der Waals surface area contributed by atoms with Crippen LogP contribution in [0.3, 0.4) is 0 Å². The van der Waals surface area contributed by atoms with Gasteiger partial charge in [-0.2, -0.15) is 0 Å². The van der Waals surface area contributed by atoms with Crippen molar-refractivity contribution in [3.8, 4) is 33.8 Å². The van der Waals surface area contributed by atoms with Crippen LogP contribution in [0.15, 0.2) is 66.7 Å². The average molecular weight is 613 g/mol. The van der Waals surface area contributed by atoms with Crippen LogP contribution in [-0.4, -0.2) is 31.5 Å². The molecule has 0 N–H and O–H groups in total. The Morgan fingerprint density at radius 1 is 0.578 bits per heavy atom. The van der Waals surface area contributed by atoms with E-state index in [0.29, 0.717) is 11.8 Å². The number of unbranched alkanes of at least 4 members (excludes halogenated alkanes) is 2. The highest BCUT2D eigenvalue weighted by Gasteiger charge is 2.51. The van der Waals surface area contributed by atoms with Crippen molar-refractivity contribution in [2.45, 2.75) is 118 Å². The van der Waals surface area contributed by atoms with Gasteiger partial charge >= 0.3 is 7.12 Å². The summed E-state index contributed by atoms with van der Waals surface area (Å²) in [5.41, 5.74) is 4.72. The van der Waals surface area contributed by atoms with Crippen molar-refractivity contribution >= 4 is 12.6 Å². The molecule has 2 atom stereocenters. The van der Waals surface area contributed by atoms with Gasteiger partial charge in [-0.1, -0.05) is 103 Å². The van der Waals surface area contributed by atoms with Gasteiger partial charge in [-0.3, -0.25) is 0 Å². The van der Waals surface area contributed by atoms with Crippen LogP contribution in [0.5, 0.6) is 11.5 Å². The first-order chi connectivity index (χ1) is 21.6. The molecule has 2 unspecified atom stereocenters. The van der Waals surface area contributed by atoms with Crippen LogP contribution in [0, 0.1) is 11.8 Å². The van der Waals surface area contributed by atoms with E-state index in [-0.39, 0.29) is 0 Å². The molecule has 244 valence electrons. The third kappa shape index (κ3) is 9.39.